The second kappa shape index (κ2) is 40.7. The number of ether oxygens (including phenoxy) is 12. The lowest BCUT2D eigenvalue weighted by atomic mass is 9.78. The van der Waals surface area contributed by atoms with Crippen molar-refractivity contribution in [3.63, 3.8) is 0 Å². The molecule has 0 aromatic carbocycles. The number of amides is 2. The Morgan fingerprint density at radius 1 is 0.724 bits per heavy atom. The van der Waals surface area contributed by atoms with Gasteiger partial charge >= 0.3 is 12.1 Å². The first-order valence-electron chi connectivity index (χ1n) is 31.7. The minimum Gasteiger partial charge on any atom is -0.460 e. The Balaban J connectivity index is 1.45. The summed E-state index contributed by atoms with van der Waals surface area (Å²) in [5.41, 5.74) is 1.29. The first-order valence-corrected chi connectivity index (χ1v) is 31.7. The monoisotopic (exact) mass is 1240 g/mol. The van der Waals surface area contributed by atoms with Gasteiger partial charge in [-0.3, -0.25) is 14.4 Å². The van der Waals surface area contributed by atoms with Gasteiger partial charge in [-0.15, -0.1) is 0 Å². The van der Waals surface area contributed by atoms with Crippen LogP contribution in [0.25, 0.3) is 0 Å². The van der Waals surface area contributed by atoms with E-state index in [1.165, 1.54) is 12.0 Å². The lowest BCUT2D eigenvalue weighted by Crippen LogP contribution is -2.61. The van der Waals surface area contributed by atoms with E-state index in [0.29, 0.717) is 136 Å². The van der Waals surface area contributed by atoms with Crippen LogP contribution in [-0.2, 0) is 76.0 Å². The fourth-order valence-corrected chi connectivity index (χ4v) is 11.9. The summed E-state index contributed by atoms with van der Waals surface area (Å²) < 4.78 is 68.3. The molecule has 87 heavy (non-hydrogen) atoms. The molecular weight excluding hydrogens is 1130 g/mol. The van der Waals surface area contributed by atoms with Gasteiger partial charge in [0.1, 0.15) is 30.5 Å². The van der Waals surface area contributed by atoms with Crippen molar-refractivity contribution in [1.82, 2.24) is 10.2 Å². The number of nitrogens with one attached hydrogen (secondary N) is 1. The number of ketones is 2. The zero-order valence-electron chi connectivity index (χ0n) is 54.0. The average molecular weight is 1240 g/mol. The minimum absolute atomic E-state index is 0.00442. The molecule has 16 atom stereocenters. The van der Waals surface area contributed by atoms with Gasteiger partial charge in [-0.05, 0) is 107 Å². The van der Waals surface area contributed by atoms with Crippen LogP contribution < -0.4 is 5.32 Å². The number of carbonyl (C=O) groups is 5. The average Bonchev–Trinajstić information content (AvgIpc) is 1.25. The maximum absolute atomic E-state index is 14.7. The number of hydrogen-bond acceptors (Lipinski definition) is 20. The van der Waals surface area contributed by atoms with Gasteiger partial charge < -0.3 is 82.4 Å². The molecule has 2 amide bonds. The van der Waals surface area contributed by atoms with Crippen molar-refractivity contribution in [3.05, 3.63) is 47.6 Å². The zero-order chi connectivity index (χ0) is 63.9. The summed E-state index contributed by atoms with van der Waals surface area (Å²) >= 11 is 0. The number of fused-ring (bicyclic) bond motifs is 3. The van der Waals surface area contributed by atoms with Crippen LogP contribution in [0.1, 0.15) is 126 Å². The molecule has 2 saturated heterocycles. The zero-order valence-corrected chi connectivity index (χ0v) is 54.0. The Morgan fingerprint density at radius 3 is 1.99 bits per heavy atom. The van der Waals surface area contributed by atoms with Gasteiger partial charge in [-0.2, -0.15) is 0 Å². The number of aliphatic hydroxyl groups excluding tert-OH is 2. The molecule has 0 aromatic rings. The van der Waals surface area contributed by atoms with Crippen LogP contribution in [0, 0.1) is 35.5 Å². The van der Waals surface area contributed by atoms with E-state index >= 15 is 0 Å². The van der Waals surface area contributed by atoms with Crippen molar-refractivity contribution in [1.29, 1.82) is 0 Å². The number of piperidine rings is 1. The van der Waals surface area contributed by atoms with Gasteiger partial charge in [0.05, 0.1) is 97.1 Å². The van der Waals surface area contributed by atoms with Gasteiger partial charge in [0.15, 0.2) is 5.78 Å². The third-order valence-corrected chi connectivity index (χ3v) is 17.3. The molecule has 0 aromatic heterocycles. The summed E-state index contributed by atoms with van der Waals surface area (Å²) in [7, 11) is 6.15. The fraction of sp³-hybridized carbons (Fsp3) is 0.800. The van der Waals surface area contributed by atoms with Crippen LogP contribution >= 0.6 is 0 Å². The summed E-state index contributed by atoms with van der Waals surface area (Å²) in [6, 6.07) is -1.17. The van der Waals surface area contributed by atoms with Crippen LogP contribution in [0.15, 0.2) is 47.6 Å². The molecule has 1 aliphatic carbocycles. The van der Waals surface area contributed by atoms with Crippen molar-refractivity contribution in [3.8, 4) is 0 Å². The number of methoxy groups -OCH3 is 4. The molecule has 3 fully saturated rings. The van der Waals surface area contributed by atoms with E-state index in [1.807, 2.05) is 58.1 Å². The largest absolute Gasteiger partial charge is 0.460 e. The Hall–Kier alpha value is -4.01. The highest BCUT2D eigenvalue weighted by Gasteiger charge is 2.53. The van der Waals surface area contributed by atoms with E-state index < -0.39 is 102 Å². The standard InChI is InChI=1S/C65H108N2O20/c1-43-17-13-12-14-18-44(2)55(77-9)41-51-22-20-49(7)65(75,87-51)61(71)62(72)67-25-16-15-19-52(67)63(73)85-56(42-53(68)45(3)38-48(6)59(70)60(79-11)58(69)47(5)37-43)46(4)39-50-21-23-54(57(40-50)78-10)86-64(74)66-24-26-80-29-30-82-33-34-84-36-35-83-32-31-81-28-27-76-8/h12-14,17-18,38,43,45-47,49-57,59-60,68,70,75H,15-16,19-37,39-42H2,1-11H3,(H,66,74)/b14-12+,17-13+,44-18+,48-38+/t43-,45-,46-,47-,49-,50+,51+,52+,53-,54-,55+,56+,57-,59-,60+,65-/m1/s1. The third kappa shape index (κ3) is 25.3. The number of allylic oxidation sites excluding steroid dienone is 5. The van der Waals surface area contributed by atoms with Gasteiger partial charge in [-0.25, -0.2) is 9.59 Å². The number of rotatable bonds is 25. The molecule has 22 nitrogen and oxygen atoms in total. The van der Waals surface area contributed by atoms with Crippen molar-refractivity contribution < 1.29 is 96.1 Å². The summed E-state index contributed by atoms with van der Waals surface area (Å²) in [5, 5.41) is 38.4. The van der Waals surface area contributed by atoms with Crippen molar-refractivity contribution >= 4 is 29.5 Å². The number of cyclic esters (lactones) is 1. The highest BCUT2D eigenvalue weighted by atomic mass is 16.6. The molecule has 0 radical (unpaired) electrons. The van der Waals surface area contributed by atoms with E-state index in [2.05, 4.69) is 5.32 Å². The van der Waals surface area contributed by atoms with E-state index in [4.69, 9.17) is 56.8 Å². The lowest BCUT2D eigenvalue weighted by Gasteiger charge is -2.43. The Morgan fingerprint density at radius 2 is 1.37 bits per heavy atom. The maximum Gasteiger partial charge on any atom is 0.407 e. The number of carbonyl (C=O) groups excluding carboxylic acids is 5. The third-order valence-electron chi connectivity index (χ3n) is 17.3. The van der Waals surface area contributed by atoms with Crippen LogP contribution in [-0.4, -0.2) is 225 Å². The normalized spacial score (nSPS) is 33.9. The summed E-state index contributed by atoms with van der Waals surface area (Å²) in [4.78, 5) is 71.6. The molecule has 3 aliphatic heterocycles. The second-order valence-electron chi connectivity index (χ2n) is 24.2. The molecule has 4 N–H and O–H groups in total. The number of alkyl carbamates (subject to hydrolysis) is 1. The van der Waals surface area contributed by atoms with Crippen LogP contribution in [0.4, 0.5) is 4.79 Å². The van der Waals surface area contributed by atoms with Gasteiger partial charge in [0, 0.05) is 72.1 Å². The number of hydrogen-bond donors (Lipinski definition) is 4. The van der Waals surface area contributed by atoms with Gasteiger partial charge in [0.2, 0.25) is 5.79 Å². The van der Waals surface area contributed by atoms with E-state index in [1.54, 1.807) is 48.2 Å². The van der Waals surface area contributed by atoms with Crippen molar-refractivity contribution in [2.45, 2.75) is 186 Å². The predicted molar refractivity (Wildman–Crippen MR) is 324 cm³/mol. The van der Waals surface area contributed by atoms with Crippen molar-refractivity contribution in [2.75, 3.05) is 114 Å². The number of esters is 1. The van der Waals surface area contributed by atoms with Crippen LogP contribution in [0.2, 0.25) is 0 Å². The lowest BCUT2D eigenvalue weighted by molar-refractivity contribution is -0.265. The first-order chi connectivity index (χ1) is 41.7. The quantitative estimate of drug-likeness (QED) is 0.0331. The highest BCUT2D eigenvalue weighted by Crippen LogP contribution is 2.38. The van der Waals surface area contributed by atoms with Crippen molar-refractivity contribution in [2.24, 2.45) is 35.5 Å². The summed E-state index contributed by atoms with van der Waals surface area (Å²) in [6.45, 7) is 17.8. The topological polar surface area (TPSA) is 272 Å². The molecule has 0 spiro atoms. The molecule has 4 aliphatic rings. The second-order valence-corrected chi connectivity index (χ2v) is 24.2. The first kappa shape index (κ1) is 75.4. The molecule has 3 heterocycles. The predicted octanol–water partition coefficient (Wildman–Crippen LogP) is 6.44. The smallest absolute Gasteiger partial charge is 0.407 e. The number of aliphatic hydroxyl groups is 3. The Bertz CT molecular complexity index is 2170. The SMILES string of the molecule is COCCOCCOCCOCCOCCOCCNC(=O)O[C@@H]1CC[C@@H](C[C@@H](C)[C@@H]2C[C@@H](O)[C@H](C)/C=C(\C)[C@@H](O)[C@@H](OC)C(=O)[C@H](C)C[C@H](C)/C=C/C=C/C=C(\C)[C@@H](OC)C[C@@H]3CC[C@@H](C)[C@@](O)(O3)C(=O)C(=O)N3CCCC[C@H]3C(=O)O2)C[C@H]1OC. The molecule has 0 unspecified atom stereocenters. The van der Waals surface area contributed by atoms with Crippen LogP contribution in [0.5, 0.6) is 0 Å². The molecular formula is C65H108N2O20. The molecule has 2 bridgehead atoms. The molecule has 498 valence electrons. The molecule has 1 saturated carbocycles. The maximum atomic E-state index is 14.7. The van der Waals surface area contributed by atoms with Gasteiger partial charge in [0.25, 0.3) is 11.7 Å². The summed E-state index contributed by atoms with van der Waals surface area (Å²) in [6.07, 6.45) is 9.28. The number of nitrogens with zero attached hydrogens (tertiary/aromatic N) is 1. The fourth-order valence-electron chi connectivity index (χ4n) is 11.9. The molecule has 22 heteroatoms. The number of Topliss-reactive ketones (excluding diaryl/α,β-unsaturated/α-hetero) is 2. The van der Waals surface area contributed by atoms with E-state index in [9.17, 15) is 39.3 Å². The Labute approximate surface area is 517 Å². The Kier molecular flexibility index (Phi) is 35.3. The molecule has 4 rings (SSSR count). The van der Waals surface area contributed by atoms with Gasteiger partial charge in [-0.1, -0.05) is 71.1 Å². The van der Waals surface area contributed by atoms with E-state index in [0.717, 1.165) is 5.57 Å². The minimum atomic E-state index is -2.46. The summed E-state index contributed by atoms with van der Waals surface area (Å²) in [5.74, 6) is -7.77. The highest BCUT2D eigenvalue weighted by molar-refractivity contribution is 6.39. The van der Waals surface area contributed by atoms with Crippen LogP contribution in [0.3, 0.4) is 0 Å². The van der Waals surface area contributed by atoms with E-state index in [-0.39, 0.29) is 56.1 Å².